The molecule has 5 rings (SSSR count). The van der Waals surface area contributed by atoms with Gasteiger partial charge in [0.1, 0.15) is 11.5 Å². The summed E-state index contributed by atoms with van der Waals surface area (Å²) in [5.74, 6) is -0.797. The van der Waals surface area contributed by atoms with Gasteiger partial charge in [-0.3, -0.25) is 4.79 Å². The van der Waals surface area contributed by atoms with Gasteiger partial charge in [-0.15, -0.1) is 0 Å². The molecule has 0 aliphatic heterocycles. The van der Waals surface area contributed by atoms with Crippen LogP contribution in [0.4, 0.5) is 14.5 Å². The normalized spacial score (nSPS) is 18.7. The van der Waals surface area contributed by atoms with Gasteiger partial charge in [0.25, 0.3) is 5.91 Å². The zero-order valence-electron chi connectivity index (χ0n) is 16.8. The summed E-state index contributed by atoms with van der Waals surface area (Å²) in [6, 6.07) is 11.4. The number of anilines is 1. The Balaban J connectivity index is 1.43. The molecule has 7 heteroatoms. The van der Waals surface area contributed by atoms with E-state index in [0.717, 1.165) is 41.4 Å². The lowest BCUT2D eigenvalue weighted by atomic mass is 10.1. The topological polar surface area (TPSA) is 50.2 Å². The molecular weight excluding hydrogens is 386 g/mol. The van der Waals surface area contributed by atoms with E-state index in [4.69, 9.17) is 0 Å². The Hall–Kier alpha value is -3.22. The van der Waals surface area contributed by atoms with Crippen LogP contribution in [0.1, 0.15) is 39.6 Å². The van der Waals surface area contributed by atoms with Gasteiger partial charge in [0, 0.05) is 43.9 Å². The zero-order chi connectivity index (χ0) is 21.0. The number of aromatic nitrogens is 2. The molecule has 0 unspecified atom stereocenters. The van der Waals surface area contributed by atoms with Gasteiger partial charge in [-0.25, -0.2) is 13.5 Å². The number of hydrogen-bond acceptors (Lipinski definition) is 3. The molecule has 1 aromatic heterocycles. The minimum atomic E-state index is -0.683. The fourth-order valence-corrected chi connectivity index (χ4v) is 4.35. The van der Waals surface area contributed by atoms with Crippen LogP contribution in [0.15, 0.2) is 42.5 Å². The number of benzene rings is 2. The van der Waals surface area contributed by atoms with Crippen molar-refractivity contribution in [2.75, 3.05) is 19.0 Å². The monoisotopic (exact) mass is 408 g/mol. The predicted octanol–water partition coefficient (Wildman–Crippen LogP) is 3.81. The fourth-order valence-electron chi connectivity index (χ4n) is 4.35. The molecule has 2 atom stereocenters. The molecule has 3 aromatic rings. The number of nitrogens with zero attached hydrogens (tertiary/aromatic N) is 3. The van der Waals surface area contributed by atoms with E-state index in [9.17, 15) is 13.6 Å². The fraction of sp³-hybridized carbons (Fsp3) is 0.304. The second-order valence-electron chi connectivity index (χ2n) is 8.27. The van der Waals surface area contributed by atoms with E-state index >= 15 is 0 Å². The average Bonchev–Trinajstić information content (AvgIpc) is 3.22. The molecule has 0 spiro atoms. The maximum atomic E-state index is 14.4. The SMILES string of the molecule is CN(C)c1cccc(CNC(=O)c2nn(-c3ccc(F)cc3F)c3c2C[C@H]2C[C@@H]32)c1. The molecule has 2 aliphatic carbocycles. The van der Waals surface area contributed by atoms with Crippen molar-refractivity contribution in [1.82, 2.24) is 15.1 Å². The molecule has 0 radical (unpaired) electrons. The molecule has 30 heavy (non-hydrogen) atoms. The van der Waals surface area contributed by atoms with E-state index in [1.165, 1.54) is 16.8 Å². The lowest BCUT2D eigenvalue weighted by Crippen LogP contribution is -2.24. The number of hydrogen-bond donors (Lipinski definition) is 1. The van der Waals surface area contributed by atoms with E-state index in [2.05, 4.69) is 10.4 Å². The lowest BCUT2D eigenvalue weighted by molar-refractivity contribution is 0.0944. The lowest BCUT2D eigenvalue weighted by Gasteiger charge is -2.13. The number of carbonyl (C=O) groups is 1. The van der Waals surface area contributed by atoms with Crippen molar-refractivity contribution >= 4 is 11.6 Å². The van der Waals surface area contributed by atoms with Crippen LogP contribution in [-0.4, -0.2) is 29.8 Å². The van der Waals surface area contributed by atoms with Crippen molar-refractivity contribution in [1.29, 1.82) is 0 Å². The molecule has 1 saturated carbocycles. The summed E-state index contributed by atoms with van der Waals surface area (Å²) in [7, 11) is 3.93. The van der Waals surface area contributed by atoms with Gasteiger partial charge in [-0.05, 0) is 48.6 Å². The largest absolute Gasteiger partial charge is 0.378 e. The molecule has 0 saturated heterocycles. The molecule has 0 bridgehead atoms. The summed E-state index contributed by atoms with van der Waals surface area (Å²) in [6.07, 6.45) is 1.81. The second kappa shape index (κ2) is 6.93. The highest BCUT2D eigenvalue weighted by Gasteiger charge is 2.50. The van der Waals surface area contributed by atoms with Crippen LogP contribution < -0.4 is 10.2 Å². The van der Waals surface area contributed by atoms with E-state index in [-0.39, 0.29) is 11.6 Å². The summed E-state index contributed by atoms with van der Waals surface area (Å²) in [4.78, 5) is 15.0. The first-order valence-corrected chi connectivity index (χ1v) is 10.0. The summed E-state index contributed by atoms with van der Waals surface area (Å²) in [5, 5.41) is 7.40. The minimum absolute atomic E-state index is 0.179. The number of carbonyl (C=O) groups excluding carboxylic acids is 1. The maximum absolute atomic E-state index is 14.4. The molecule has 1 amide bonds. The van der Waals surface area contributed by atoms with Crippen molar-refractivity contribution in [2.45, 2.75) is 25.3 Å². The van der Waals surface area contributed by atoms with Crippen LogP contribution in [0, 0.1) is 17.6 Å². The van der Waals surface area contributed by atoms with Crippen molar-refractivity contribution < 1.29 is 13.6 Å². The summed E-state index contributed by atoms with van der Waals surface area (Å²) >= 11 is 0. The molecule has 1 fully saturated rings. The van der Waals surface area contributed by atoms with Gasteiger partial charge in [0.05, 0.1) is 5.69 Å². The smallest absolute Gasteiger partial charge is 0.272 e. The first-order valence-electron chi connectivity index (χ1n) is 10.0. The third-order valence-electron chi connectivity index (χ3n) is 6.00. The maximum Gasteiger partial charge on any atom is 0.272 e. The van der Waals surface area contributed by atoms with E-state index in [1.54, 1.807) is 0 Å². The van der Waals surface area contributed by atoms with Gasteiger partial charge in [0.2, 0.25) is 0 Å². The Bertz CT molecular complexity index is 1150. The third-order valence-corrected chi connectivity index (χ3v) is 6.00. The van der Waals surface area contributed by atoms with Gasteiger partial charge < -0.3 is 10.2 Å². The van der Waals surface area contributed by atoms with E-state index in [1.807, 2.05) is 43.3 Å². The first-order chi connectivity index (χ1) is 14.4. The van der Waals surface area contributed by atoms with Gasteiger partial charge in [-0.2, -0.15) is 5.10 Å². The van der Waals surface area contributed by atoms with Crippen LogP contribution in [0.3, 0.4) is 0 Å². The van der Waals surface area contributed by atoms with Crippen molar-refractivity contribution in [2.24, 2.45) is 5.92 Å². The Morgan fingerprint density at radius 2 is 2.07 bits per heavy atom. The molecule has 154 valence electrons. The number of fused-ring (bicyclic) bond motifs is 3. The van der Waals surface area contributed by atoms with Crippen LogP contribution >= 0.6 is 0 Å². The van der Waals surface area contributed by atoms with Gasteiger partial charge in [-0.1, -0.05) is 12.1 Å². The number of amides is 1. The van der Waals surface area contributed by atoms with Crippen LogP contribution in [0.25, 0.3) is 5.69 Å². The Morgan fingerprint density at radius 1 is 1.23 bits per heavy atom. The highest BCUT2D eigenvalue weighted by atomic mass is 19.1. The van der Waals surface area contributed by atoms with Crippen molar-refractivity contribution in [3.05, 3.63) is 76.6 Å². The number of rotatable bonds is 5. The predicted molar refractivity (Wildman–Crippen MR) is 110 cm³/mol. The van der Waals surface area contributed by atoms with Crippen LogP contribution in [0.5, 0.6) is 0 Å². The third kappa shape index (κ3) is 3.14. The van der Waals surface area contributed by atoms with Gasteiger partial charge >= 0.3 is 0 Å². The van der Waals surface area contributed by atoms with Crippen LogP contribution in [0.2, 0.25) is 0 Å². The summed E-state index contributed by atoms with van der Waals surface area (Å²) in [6.45, 7) is 0.375. The highest BCUT2D eigenvalue weighted by Crippen LogP contribution is 2.57. The van der Waals surface area contributed by atoms with Gasteiger partial charge in [0.15, 0.2) is 11.5 Å². The summed E-state index contributed by atoms with van der Waals surface area (Å²) < 4.78 is 29.3. The standard InChI is InChI=1S/C23H22F2N4O/c1-28(2)16-5-3-4-13(8-16)12-26-23(30)21-18-10-14-9-17(14)22(18)29(27-21)20-7-6-15(24)11-19(20)25/h3-8,11,14,17H,9-10,12H2,1-2H3,(H,26,30)/t14-,17-/m1/s1. The zero-order valence-corrected chi connectivity index (χ0v) is 16.8. The minimum Gasteiger partial charge on any atom is -0.378 e. The Labute approximate surface area is 173 Å². The number of halogens is 2. The quantitative estimate of drug-likeness (QED) is 0.699. The molecule has 1 N–H and O–H groups in total. The summed E-state index contributed by atoms with van der Waals surface area (Å²) in [5.41, 5.74) is 4.34. The van der Waals surface area contributed by atoms with Crippen molar-refractivity contribution in [3.63, 3.8) is 0 Å². The van der Waals surface area contributed by atoms with Crippen LogP contribution in [-0.2, 0) is 13.0 Å². The molecule has 1 heterocycles. The average molecular weight is 408 g/mol. The highest BCUT2D eigenvalue weighted by molar-refractivity contribution is 5.94. The number of nitrogens with one attached hydrogen (secondary N) is 1. The molecule has 5 nitrogen and oxygen atoms in total. The molecule has 2 aliphatic rings. The van der Waals surface area contributed by atoms with E-state index < -0.39 is 11.6 Å². The molecule has 2 aromatic carbocycles. The first kappa shape index (κ1) is 18.8. The second-order valence-corrected chi connectivity index (χ2v) is 8.27. The Kier molecular flexibility index (Phi) is 4.34. The molecular formula is C23H22F2N4O. The Morgan fingerprint density at radius 3 is 2.83 bits per heavy atom. The van der Waals surface area contributed by atoms with E-state index in [0.29, 0.717) is 24.1 Å². The van der Waals surface area contributed by atoms with Crippen molar-refractivity contribution in [3.8, 4) is 5.69 Å².